The lowest BCUT2D eigenvalue weighted by Crippen LogP contribution is -2.22. The Kier molecular flexibility index (Phi) is 4.96. The number of carbonyl (C=O) groups excluding carboxylic acids is 2. The third-order valence-electron chi connectivity index (χ3n) is 5.40. The Balaban J connectivity index is 1.26. The van der Waals surface area contributed by atoms with Gasteiger partial charge in [0.25, 0.3) is 5.91 Å². The van der Waals surface area contributed by atoms with Crippen molar-refractivity contribution >= 4 is 28.4 Å². The molecule has 0 bridgehead atoms. The molecule has 0 aliphatic heterocycles. The van der Waals surface area contributed by atoms with Crippen molar-refractivity contribution < 1.29 is 14.1 Å². The molecule has 1 aromatic heterocycles. The molecule has 2 N–H and O–H groups in total. The molecule has 5 rings (SSSR count). The van der Waals surface area contributed by atoms with E-state index in [1.807, 2.05) is 54.6 Å². The van der Waals surface area contributed by atoms with E-state index in [4.69, 9.17) is 4.52 Å². The van der Waals surface area contributed by atoms with Crippen molar-refractivity contribution in [2.24, 2.45) is 5.92 Å². The van der Waals surface area contributed by atoms with Crippen molar-refractivity contribution in [3.05, 3.63) is 83.9 Å². The summed E-state index contributed by atoms with van der Waals surface area (Å²) in [6.07, 6.45) is 1.95. The van der Waals surface area contributed by atoms with E-state index in [0.29, 0.717) is 23.4 Å². The number of benzene rings is 3. The first-order chi connectivity index (χ1) is 15.2. The van der Waals surface area contributed by atoms with Gasteiger partial charge in [-0.1, -0.05) is 47.6 Å². The molecule has 1 saturated carbocycles. The molecule has 1 fully saturated rings. The lowest BCUT2D eigenvalue weighted by atomic mass is 10.1. The fourth-order valence-corrected chi connectivity index (χ4v) is 3.46. The van der Waals surface area contributed by atoms with E-state index in [0.717, 1.165) is 35.0 Å². The summed E-state index contributed by atoms with van der Waals surface area (Å²) >= 11 is 0. The molecule has 2 amide bonds. The van der Waals surface area contributed by atoms with Gasteiger partial charge in [-0.15, -0.1) is 0 Å². The molecule has 3 aromatic carbocycles. The van der Waals surface area contributed by atoms with Crippen LogP contribution in [0.2, 0.25) is 0 Å². The van der Waals surface area contributed by atoms with E-state index >= 15 is 0 Å². The van der Waals surface area contributed by atoms with Crippen LogP contribution in [0.5, 0.6) is 0 Å². The minimum Gasteiger partial charge on any atom is -0.355 e. The maximum atomic E-state index is 12.7. The molecule has 6 nitrogen and oxygen atoms in total. The summed E-state index contributed by atoms with van der Waals surface area (Å²) in [7, 11) is 0. The minimum absolute atomic E-state index is 0.0834. The van der Waals surface area contributed by atoms with Gasteiger partial charge in [0.2, 0.25) is 5.91 Å². The summed E-state index contributed by atoms with van der Waals surface area (Å²) in [6, 6.07) is 22.6. The maximum absolute atomic E-state index is 12.7. The largest absolute Gasteiger partial charge is 0.355 e. The zero-order valence-corrected chi connectivity index (χ0v) is 16.8. The molecular formula is C25H21N3O3. The van der Waals surface area contributed by atoms with Gasteiger partial charge in [0.15, 0.2) is 5.76 Å². The molecule has 0 unspecified atom stereocenters. The van der Waals surface area contributed by atoms with Crippen molar-refractivity contribution in [3.63, 3.8) is 0 Å². The first-order valence-electron chi connectivity index (χ1n) is 10.3. The highest BCUT2D eigenvalue weighted by atomic mass is 16.5. The van der Waals surface area contributed by atoms with Gasteiger partial charge < -0.3 is 15.2 Å². The molecule has 0 radical (unpaired) electrons. The molecule has 31 heavy (non-hydrogen) atoms. The van der Waals surface area contributed by atoms with Crippen molar-refractivity contribution in [1.82, 2.24) is 10.5 Å². The predicted molar refractivity (Wildman–Crippen MR) is 118 cm³/mol. The number of hydrogen-bond donors (Lipinski definition) is 2. The van der Waals surface area contributed by atoms with Crippen LogP contribution in [0.25, 0.3) is 22.2 Å². The Morgan fingerprint density at radius 1 is 0.968 bits per heavy atom. The molecule has 0 saturated heterocycles. The van der Waals surface area contributed by atoms with Crippen LogP contribution in [-0.4, -0.2) is 17.0 Å². The summed E-state index contributed by atoms with van der Waals surface area (Å²) in [5.74, 6) is 0.728. The summed E-state index contributed by atoms with van der Waals surface area (Å²) < 4.78 is 5.51. The SMILES string of the molecule is O=C(NCc1ccc(NC(=O)C2CC2)cc1)c1ccc2noc(-c3ccccc3)c2c1. The molecule has 4 aromatic rings. The van der Waals surface area contributed by atoms with E-state index in [1.165, 1.54) is 0 Å². The third-order valence-corrected chi connectivity index (χ3v) is 5.40. The van der Waals surface area contributed by atoms with Crippen molar-refractivity contribution in [2.75, 3.05) is 5.32 Å². The van der Waals surface area contributed by atoms with Crippen molar-refractivity contribution in [3.8, 4) is 11.3 Å². The number of hydrogen-bond acceptors (Lipinski definition) is 4. The first-order valence-corrected chi connectivity index (χ1v) is 10.3. The number of anilines is 1. The molecule has 1 aliphatic carbocycles. The van der Waals surface area contributed by atoms with Crippen molar-refractivity contribution in [2.45, 2.75) is 19.4 Å². The monoisotopic (exact) mass is 411 g/mol. The highest BCUT2D eigenvalue weighted by Crippen LogP contribution is 2.30. The fourth-order valence-electron chi connectivity index (χ4n) is 3.46. The van der Waals surface area contributed by atoms with Gasteiger partial charge in [-0.2, -0.15) is 0 Å². The number of nitrogens with one attached hydrogen (secondary N) is 2. The highest BCUT2D eigenvalue weighted by Gasteiger charge is 2.29. The first kappa shape index (κ1) is 19.1. The lowest BCUT2D eigenvalue weighted by molar-refractivity contribution is -0.117. The minimum atomic E-state index is -0.173. The maximum Gasteiger partial charge on any atom is 0.251 e. The van der Waals surface area contributed by atoms with Gasteiger partial charge in [0, 0.05) is 29.3 Å². The Labute approximate surface area is 179 Å². The van der Waals surface area contributed by atoms with E-state index in [2.05, 4.69) is 15.8 Å². The zero-order chi connectivity index (χ0) is 21.2. The molecule has 0 atom stereocenters. The van der Waals surface area contributed by atoms with E-state index in [-0.39, 0.29) is 17.7 Å². The van der Waals surface area contributed by atoms with E-state index < -0.39 is 0 Å². The van der Waals surface area contributed by atoms with Crippen LogP contribution in [-0.2, 0) is 11.3 Å². The van der Waals surface area contributed by atoms with Crippen LogP contribution in [0, 0.1) is 5.92 Å². The summed E-state index contributed by atoms with van der Waals surface area (Å²) in [5.41, 5.74) is 3.89. The van der Waals surface area contributed by atoms with Crippen LogP contribution in [0.1, 0.15) is 28.8 Å². The van der Waals surface area contributed by atoms with Gasteiger partial charge in [-0.3, -0.25) is 9.59 Å². The Bertz CT molecular complexity index is 1240. The normalized spacial score (nSPS) is 13.2. The smallest absolute Gasteiger partial charge is 0.251 e. The van der Waals surface area contributed by atoms with Gasteiger partial charge in [0.1, 0.15) is 5.52 Å². The average molecular weight is 411 g/mol. The number of amides is 2. The van der Waals surface area contributed by atoms with Crippen LogP contribution in [0.15, 0.2) is 77.3 Å². The number of aromatic nitrogens is 1. The number of nitrogens with zero attached hydrogens (tertiary/aromatic N) is 1. The number of fused-ring (bicyclic) bond motifs is 1. The van der Waals surface area contributed by atoms with Gasteiger partial charge >= 0.3 is 0 Å². The van der Waals surface area contributed by atoms with Crippen LogP contribution < -0.4 is 10.6 Å². The average Bonchev–Trinajstić information content (AvgIpc) is 3.58. The van der Waals surface area contributed by atoms with E-state index in [1.54, 1.807) is 18.2 Å². The zero-order valence-electron chi connectivity index (χ0n) is 16.8. The molecule has 0 spiro atoms. The van der Waals surface area contributed by atoms with Crippen LogP contribution >= 0.6 is 0 Å². The predicted octanol–water partition coefficient (Wildman–Crippen LogP) is 4.77. The second-order valence-corrected chi connectivity index (χ2v) is 7.75. The summed E-state index contributed by atoms with van der Waals surface area (Å²) in [5, 5.41) is 10.8. The summed E-state index contributed by atoms with van der Waals surface area (Å²) in [4.78, 5) is 24.5. The fraction of sp³-hybridized carbons (Fsp3) is 0.160. The van der Waals surface area contributed by atoms with Gasteiger partial charge in [0.05, 0.1) is 5.39 Å². The third kappa shape index (κ3) is 4.19. The Morgan fingerprint density at radius 2 is 1.74 bits per heavy atom. The molecule has 154 valence electrons. The van der Waals surface area contributed by atoms with Crippen molar-refractivity contribution in [1.29, 1.82) is 0 Å². The molecular weight excluding hydrogens is 390 g/mol. The second kappa shape index (κ2) is 8.07. The Morgan fingerprint density at radius 3 is 2.48 bits per heavy atom. The van der Waals surface area contributed by atoms with Crippen LogP contribution in [0.4, 0.5) is 5.69 Å². The Hall–Kier alpha value is -3.93. The van der Waals surface area contributed by atoms with Gasteiger partial charge in [-0.25, -0.2) is 0 Å². The summed E-state index contributed by atoms with van der Waals surface area (Å²) in [6.45, 7) is 0.392. The lowest BCUT2D eigenvalue weighted by Gasteiger charge is -2.08. The molecule has 1 heterocycles. The highest BCUT2D eigenvalue weighted by molar-refractivity contribution is 6.01. The van der Waals surface area contributed by atoms with Gasteiger partial charge in [-0.05, 0) is 48.7 Å². The topological polar surface area (TPSA) is 84.2 Å². The van der Waals surface area contributed by atoms with Crippen LogP contribution in [0.3, 0.4) is 0 Å². The quantitative estimate of drug-likeness (QED) is 0.479. The standard InChI is InChI=1S/C25H21N3O3/c29-24(26-15-16-6-11-20(12-7-16)27-25(30)18-8-9-18)19-10-13-22-21(14-19)23(31-28-22)17-4-2-1-3-5-17/h1-7,10-14,18H,8-9,15H2,(H,26,29)(H,27,30). The van der Waals surface area contributed by atoms with E-state index in [9.17, 15) is 9.59 Å². The molecule has 1 aliphatic rings. The number of rotatable bonds is 6. The number of carbonyl (C=O) groups is 2. The molecule has 6 heteroatoms. The second-order valence-electron chi connectivity index (χ2n) is 7.75.